The monoisotopic (exact) mass is 279 g/mol. The van der Waals surface area contributed by atoms with Gasteiger partial charge in [-0.2, -0.15) is 0 Å². The van der Waals surface area contributed by atoms with Crippen LogP contribution in [0.15, 0.2) is 22.8 Å². The first-order chi connectivity index (χ1) is 9.81. The minimum atomic E-state index is -0.441. The van der Waals surface area contributed by atoms with E-state index in [0.717, 1.165) is 30.1 Å². The van der Waals surface area contributed by atoms with Crippen molar-refractivity contribution in [2.45, 2.75) is 38.4 Å². The fraction of sp³-hybridized carbons (Fsp3) is 0.750. The minimum Gasteiger partial charge on any atom is -0.467 e. The first-order valence-corrected chi connectivity index (χ1v) is 7.80. The van der Waals surface area contributed by atoms with Gasteiger partial charge < -0.3 is 19.6 Å². The number of nitrogens with one attached hydrogen (secondary N) is 1. The fourth-order valence-corrected chi connectivity index (χ4v) is 3.81. The van der Waals surface area contributed by atoms with Crippen molar-refractivity contribution in [3.8, 4) is 0 Å². The standard InChI is InChI=1S/C16H25NO3/c18-15(10-19-11-16-2-1-5-20-16)9-17-8-14-7-12-3-4-13(14)6-12/h1-2,5,12-15,17-18H,3-4,6-11H2. The summed E-state index contributed by atoms with van der Waals surface area (Å²) in [4.78, 5) is 0. The van der Waals surface area contributed by atoms with Gasteiger partial charge in [-0.3, -0.25) is 0 Å². The number of aliphatic hydroxyl groups excluding tert-OH is 1. The van der Waals surface area contributed by atoms with E-state index in [9.17, 15) is 5.11 Å². The van der Waals surface area contributed by atoms with E-state index in [0.29, 0.717) is 19.8 Å². The van der Waals surface area contributed by atoms with Gasteiger partial charge in [-0.1, -0.05) is 6.42 Å². The van der Waals surface area contributed by atoms with Crippen LogP contribution in [-0.4, -0.2) is 30.9 Å². The molecule has 4 unspecified atom stereocenters. The van der Waals surface area contributed by atoms with Crippen LogP contribution in [0, 0.1) is 17.8 Å². The molecule has 4 atom stereocenters. The predicted octanol–water partition coefficient (Wildman–Crippen LogP) is 2.18. The molecule has 3 rings (SSSR count). The average Bonchev–Trinajstić information content (AvgIpc) is 3.16. The molecular formula is C16H25NO3. The van der Waals surface area contributed by atoms with Gasteiger partial charge in [0.05, 0.1) is 19.0 Å². The van der Waals surface area contributed by atoms with Crippen LogP contribution < -0.4 is 5.32 Å². The number of fused-ring (bicyclic) bond motifs is 2. The van der Waals surface area contributed by atoms with Crippen LogP contribution >= 0.6 is 0 Å². The van der Waals surface area contributed by atoms with Crippen molar-refractivity contribution in [2.75, 3.05) is 19.7 Å². The van der Waals surface area contributed by atoms with Crippen molar-refractivity contribution >= 4 is 0 Å². The molecule has 0 spiro atoms. The lowest BCUT2D eigenvalue weighted by molar-refractivity contribution is 0.0221. The third kappa shape index (κ3) is 3.62. The number of furan rings is 1. The molecule has 0 amide bonds. The highest BCUT2D eigenvalue weighted by Gasteiger charge is 2.38. The van der Waals surface area contributed by atoms with Crippen LogP contribution in [0.2, 0.25) is 0 Å². The molecule has 1 heterocycles. The van der Waals surface area contributed by atoms with Gasteiger partial charge in [0.2, 0.25) is 0 Å². The highest BCUT2D eigenvalue weighted by Crippen LogP contribution is 2.47. The second kappa shape index (κ2) is 6.74. The summed E-state index contributed by atoms with van der Waals surface area (Å²) >= 11 is 0. The summed E-state index contributed by atoms with van der Waals surface area (Å²) in [6.45, 7) is 2.45. The Labute approximate surface area is 120 Å². The molecule has 1 aromatic rings. The summed E-state index contributed by atoms with van der Waals surface area (Å²) in [5.41, 5.74) is 0. The second-order valence-corrected chi connectivity index (χ2v) is 6.34. The molecule has 0 aliphatic heterocycles. The van der Waals surface area contributed by atoms with Gasteiger partial charge in [0.25, 0.3) is 0 Å². The highest BCUT2D eigenvalue weighted by atomic mass is 16.5. The number of hydrogen-bond acceptors (Lipinski definition) is 4. The normalized spacial score (nSPS) is 29.9. The zero-order chi connectivity index (χ0) is 13.8. The Hall–Kier alpha value is -0.840. The molecular weight excluding hydrogens is 254 g/mol. The van der Waals surface area contributed by atoms with Crippen LogP contribution in [-0.2, 0) is 11.3 Å². The van der Waals surface area contributed by atoms with Gasteiger partial charge in [-0.25, -0.2) is 0 Å². The zero-order valence-electron chi connectivity index (χ0n) is 12.0. The molecule has 20 heavy (non-hydrogen) atoms. The van der Waals surface area contributed by atoms with Gasteiger partial charge in [-0.15, -0.1) is 0 Å². The molecule has 0 saturated heterocycles. The van der Waals surface area contributed by atoms with Crippen LogP contribution in [0.3, 0.4) is 0 Å². The van der Waals surface area contributed by atoms with Gasteiger partial charge in [0, 0.05) is 6.54 Å². The van der Waals surface area contributed by atoms with E-state index in [1.165, 1.54) is 25.7 Å². The van der Waals surface area contributed by atoms with Crippen molar-refractivity contribution in [3.63, 3.8) is 0 Å². The van der Waals surface area contributed by atoms with E-state index in [4.69, 9.17) is 9.15 Å². The van der Waals surface area contributed by atoms with E-state index >= 15 is 0 Å². The number of rotatable bonds is 8. The lowest BCUT2D eigenvalue weighted by Crippen LogP contribution is -2.34. The number of aliphatic hydroxyl groups is 1. The molecule has 0 aromatic carbocycles. The summed E-state index contributed by atoms with van der Waals surface area (Å²) in [7, 11) is 0. The molecule has 2 N–H and O–H groups in total. The van der Waals surface area contributed by atoms with Crippen molar-refractivity contribution in [1.82, 2.24) is 5.32 Å². The molecule has 2 aliphatic carbocycles. The molecule has 4 heteroatoms. The van der Waals surface area contributed by atoms with Crippen molar-refractivity contribution in [3.05, 3.63) is 24.2 Å². The third-order valence-electron chi connectivity index (χ3n) is 4.81. The molecule has 4 nitrogen and oxygen atoms in total. The molecule has 112 valence electrons. The Kier molecular flexibility index (Phi) is 4.76. The number of hydrogen-bond donors (Lipinski definition) is 2. The van der Waals surface area contributed by atoms with E-state index in [2.05, 4.69) is 5.32 Å². The lowest BCUT2D eigenvalue weighted by atomic mass is 9.89. The summed E-state index contributed by atoms with van der Waals surface area (Å²) in [5.74, 6) is 3.57. The van der Waals surface area contributed by atoms with Crippen molar-refractivity contribution in [2.24, 2.45) is 17.8 Å². The van der Waals surface area contributed by atoms with Crippen LogP contribution in [0.25, 0.3) is 0 Å². The van der Waals surface area contributed by atoms with E-state index in [1.54, 1.807) is 6.26 Å². The Morgan fingerprint density at radius 1 is 1.40 bits per heavy atom. The third-order valence-corrected chi connectivity index (χ3v) is 4.81. The summed E-state index contributed by atoms with van der Waals surface area (Å²) in [6.07, 6.45) is 6.90. The quantitative estimate of drug-likeness (QED) is 0.766. The van der Waals surface area contributed by atoms with Crippen LogP contribution in [0.4, 0.5) is 0 Å². The van der Waals surface area contributed by atoms with E-state index in [-0.39, 0.29) is 0 Å². The van der Waals surface area contributed by atoms with Gasteiger partial charge >= 0.3 is 0 Å². The second-order valence-electron chi connectivity index (χ2n) is 6.34. The molecule has 2 fully saturated rings. The maximum atomic E-state index is 9.87. The topological polar surface area (TPSA) is 54.6 Å². The summed E-state index contributed by atoms with van der Waals surface area (Å²) < 4.78 is 10.6. The van der Waals surface area contributed by atoms with Crippen LogP contribution in [0.1, 0.15) is 31.4 Å². The average molecular weight is 279 g/mol. The van der Waals surface area contributed by atoms with E-state index < -0.39 is 6.10 Å². The molecule has 1 aromatic heterocycles. The van der Waals surface area contributed by atoms with Crippen LogP contribution in [0.5, 0.6) is 0 Å². The van der Waals surface area contributed by atoms with Crippen molar-refractivity contribution < 1.29 is 14.3 Å². The largest absolute Gasteiger partial charge is 0.467 e. The Morgan fingerprint density at radius 3 is 3.05 bits per heavy atom. The molecule has 2 aliphatic rings. The van der Waals surface area contributed by atoms with Crippen molar-refractivity contribution in [1.29, 1.82) is 0 Å². The molecule has 0 radical (unpaired) electrons. The molecule has 2 bridgehead atoms. The summed E-state index contributed by atoms with van der Waals surface area (Å²) in [5, 5.41) is 13.3. The highest BCUT2D eigenvalue weighted by molar-refractivity contribution is 4.96. The number of ether oxygens (including phenoxy) is 1. The van der Waals surface area contributed by atoms with Gasteiger partial charge in [0.1, 0.15) is 12.4 Å². The zero-order valence-corrected chi connectivity index (χ0v) is 12.0. The van der Waals surface area contributed by atoms with E-state index in [1.807, 2.05) is 12.1 Å². The van der Waals surface area contributed by atoms with Gasteiger partial charge in [-0.05, 0) is 55.7 Å². The maximum Gasteiger partial charge on any atom is 0.129 e. The Bertz CT molecular complexity index is 392. The Morgan fingerprint density at radius 2 is 2.35 bits per heavy atom. The SMILES string of the molecule is OC(CNCC1CC2CCC1C2)COCc1ccco1. The lowest BCUT2D eigenvalue weighted by Gasteiger charge is -2.22. The fourth-order valence-electron chi connectivity index (χ4n) is 3.81. The maximum absolute atomic E-state index is 9.87. The first-order valence-electron chi connectivity index (χ1n) is 7.80. The van der Waals surface area contributed by atoms with Gasteiger partial charge in [0.15, 0.2) is 0 Å². The first kappa shape index (κ1) is 14.1. The Balaban J connectivity index is 1.25. The minimum absolute atomic E-state index is 0.352. The predicted molar refractivity (Wildman–Crippen MR) is 76.2 cm³/mol. The summed E-state index contributed by atoms with van der Waals surface area (Å²) in [6, 6.07) is 3.71. The smallest absolute Gasteiger partial charge is 0.129 e. The molecule has 2 saturated carbocycles.